The Morgan fingerprint density at radius 3 is 2.15 bits per heavy atom. The first kappa shape index (κ1) is 21.1. The molecule has 1 saturated carbocycles. The Morgan fingerprint density at radius 1 is 0.885 bits per heavy atom. The van der Waals surface area contributed by atoms with Crippen molar-refractivity contribution in [2.45, 2.75) is 63.7 Å². The lowest BCUT2D eigenvalue weighted by Gasteiger charge is -2.22. The monoisotopic (exact) mass is 375 g/mol. The first-order valence-corrected chi connectivity index (χ1v) is 10.8. The van der Waals surface area contributed by atoms with Gasteiger partial charge in [-0.1, -0.05) is 57.4 Å². The smallest absolute Gasteiger partial charge is 0.145 e. The molecule has 2 aromatic carbocycles. The van der Waals surface area contributed by atoms with Crippen LogP contribution in [0.5, 0.6) is 5.75 Å². The Bertz CT molecular complexity index is 624. The van der Waals surface area contributed by atoms with Crippen molar-refractivity contribution >= 4 is 23.4 Å². The lowest BCUT2D eigenvalue weighted by molar-refractivity contribution is 0.0102. The highest BCUT2D eigenvalue weighted by Crippen LogP contribution is 2.31. The second kappa shape index (κ2) is 12.2. The lowest BCUT2D eigenvalue weighted by atomic mass is 9.90. The molecule has 1 saturated heterocycles. The van der Waals surface area contributed by atoms with E-state index in [1.807, 2.05) is 32.0 Å². The van der Waals surface area contributed by atoms with Crippen LogP contribution >= 0.6 is 12.6 Å². The van der Waals surface area contributed by atoms with Gasteiger partial charge in [-0.05, 0) is 36.3 Å². The first-order valence-electron chi connectivity index (χ1n) is 10.3. The van der Waals surface area contributed by atoms with E-state index in [9.17, 15) is 0 Å². The minimum absolute atomic E-state index is 0.739. The van der Waals surface area contributed by atoms with E-state index in [0.717, 1.165) is 36.4 Å². The second-order valence-electron chi connectivity index (χ2n) is 6.82. The van der Waals surface area contributed by atoms with Crippen molar-refractivity contribution in [3.63, 3.8) is 0 Å². The number of thiol groups is 1. The highest BCUT2D eigenvalue weighted by atomic mass is 32.1. The number of ether oxygens (including phenoxy) is 2. The van der Waals surface area contributed by atoms with Gasteiger partial charge >= 0.3 is 0 Å². The molecule has 0 aromatic heterocycles. The summed E-state index contributed by atoms with van der Waals surface area (Å²) in [5, 5.41) is 2.35. The number of fused-ring (bicyclic) bond motifs is 1. The predicted molar refractivity (Wildman–Crippen MR) is 116 cm³/mol. The quantitative estimate of drug-likeness (QED) is 0.485. The van der Waals surface area contributed by atoms with E-state index in [4.69, 9.17) is 4.74 Å². The molecule has 2 aromatic rings. The molecular weight excluding hydrogens is 340 g/mol. The fraction of sp³-hybridized carbons (Fsp3) is 0.565. The average Bonchev–Trinajstić information content (AvgIpc) is 3.30. The van der Waals surface area contributed by atoms with Gasteiger partial charge in [-0.25, -0.2) is 0 Å². The summed E-state index contributed by atoms with van der Waals surface area (Å²) in [5.74, 6) is 1.74. The van der Waals surface area contributed by atoms with Crippen molar-refractivity contribution in [2.24, 2.45) is 5.92 Å². The van der Waals surface area contributed by atoms with Crippen LogP contribution in [0.2, 0.25) is 0 Å². The molecule has 1 aliphatic carbocycles. The zero-order valence-corrected chi connectivity index (χ0v) is 17.3. The summed E-state index contributed by atoms with van der Waals surface area (Å²) in [6, 6.07) is 12.4. The van der Waals surface area contributed by atoms with Gasteiger partial charge in [0.05, 0.1) is 6.61 Å². The molecule has 26 heavy (non-hydrogen) atoms. The van der Waals surface area contributed by atoms with E-state index >= 15 is 0 Å². The number of hydrogen-bond donors (Lipinski definition) is 1. The van der Waals surface area contributed by atoms with Gasteiger partial charge in [0.15, 0.2) is 0 Å². The van der Waals surface area contributed by atoms with Crippen LogP contribution in [0.25, 0.3) is 10.8 Å². The van der Waals surface area contributed by atoms with E-state index in [0.29, 0.717) is 0 Å². The van der Waals surface area contributed by atoms with Crippen LogP contribution in [0.3, 0.4) is 0 Å². The van der Waals surface area contributed by atoms with Crippen molar-refractivity contribution < 1.29 is 9.47 Å². The first-order chi connectivity index (χ1) is 12.8. The van der Waals surface area contributed by atoms with Gasteiger partial charge in [0, 0.05) is 23.1 Å². The highest BCUT2D eigenvalue weighted by molar-refractivity contribution is 7.80. The molecule has 0 radical (unpaired) electrons. The largest absolute Gasteiger partial charge is 0.493 e. The molecule has 1 aliphatic heterocycles. The molecule has 0 spiro atoms. The summed E-state index contributed by atoms with van der Waals surface area (Å²) in [6.07, 6.45) is 9.44. The van der Waals surface area contributed by atoms with Crippen LogP contribution in [-0.4, -0.2) is 24.6 Å². The maximum Gasteiger partial charge on any atom is 0.145 e. The zero-order valence-electron chi connectivity index (χ0n) is 16.4. The van der Waals surface area contributed by atoms with Gasteiger partial charge in [-0.15, -0.1) is 12.6 Å². The minimum atomic E-state index is 0.739. The molecule has 0 amide bonds. The maximum atomic E-state index is 6.08. The number of hydrogen-bond acceptors (Lipinski definition) is 2. The molecule has 0 atom stereocenters. The Hall–Kier alpha value is -1.19. The van der Waals surface area contributed by atoms with Crippen LogP contribution in [0.4, 0.5) is 0 Å². The predicted octanol–water partition coefficient (Wildman–Crippen LogP) is 6.42. The summed E-state index contributed by atoms with van der Waals surface area (Å²) in [5.41, 5.74) is 0. The molecule has 2 aliphatic rings. The van der Waals surface area contributed by atoms with Crippen LogP contribution in [0.1, 0.15) is 58.8 Å². The number of aliphatic hydroxyl groups is 2. The fourth-order valence-corrected chi connectivity index (χ4v) is 3.77. The van der Waals surface area contributed by atoms with Gasteiger partial charge < -0.3 is 9.47 Å². The zero-order chi connectivity index (χ0) is 18.6. The van der Waals surface area contributed by atoms with Crippen LogP contribution in [0.15, 0.2) is 41.3 Å². The molecule has 144 valence electrons. The van der Waals surface area contributed by atoms with Crippen molar-refractivity contribution in [3.05, 3.63) is 36.4 Å². The van der Waals surface area contributed by atoms with Gasteiger partial charge in [0.2, 0.25) is 0 Å². The Labute approximate surface area is 164 Å². The minimum Gasteiger partial charge on any atom is -0.493 e. The molecular formula is C23H35O2S+. The number of rotatable bonds is 3. The molecule has 4 rings (SSSR count). The van der Waals surface area contributed by atoms with Crippen molar-refractivity contribution in [1.29, 1.82) is 0 Å². The van der Waals surface area contributed by atoms with Crippen molar-refractivity contribution in [2.75, 3.05) is 19.8 Å². The molecule has 1 N–H and O–H groups in total. The molecule has 0 bridgehead atoms. The fourth-order valence-electron chi connectivity index (χ4n) is 3.50. The van der Waals surface area contributed by atoms with Crippen molar-refractivity contribution in [1.82, 2.24) is 0 Å². The summed E-state index contributed by atoms with van der Waals surface area (Å²) in [4.78, 5) is 1.01. The van der Waals surface area contributed by atoms with Gasteiger partial charge in [-0.2, -0.15) is 0 Å². The normalized spacial score (nSPS) is 17.0. The molecule has 2 fully saturated rings. The topological polar surface area (TPSA) is 22.0 Å². The molecule has 2 nitrogen and oxygen atoms in total. The van der Waals surface area contributed by atoms with Crippen LogP contribution in [-0.2, 0) is 0 Å². The molecule has 3 heteroatoms. The lowest BCUT2D eigenvalue weighted by Crippen LogP contribution is -2.15. The molecule has 0 unspecified atom stereocenters. The maximum absolute atomic E-state index is 6.08. The van der Waals surface area contributed by atoms with E-state index in [-0.39, 0.29) is 0 Å². The Kier molecular flexibility index (Phi) is 9.94. The van der Waals surface area contributed by atoms with Gasteiger partial charge in [-0.3, -0.25) is 0 Å². The second-order valence-corrected chi connectivity index (χ2v) is 7.30. The van der Waals surface area contributed by atoms with E-state index in [1.165, 1.54) is 55.7 Å². The third-order valence-corrected chi connectivity index (χ3v) is 5.33. The highest BCUT2D eigenvalue weighted by Gasteiger charge is 2.14. The Morgan fingerprint density at radius 2 is 1.54 bits per heavy atom. The summed E-state index contributed by atoms with van der Waals surface area (Å²) in [6.45, 7) is 7.11. The third-order valence-electron chi connectivity index (χ3n) is 4.94. The van der Waals surface area contributed by atoms with Crippen LogP contribution < -0.4 is 4.74 Å². The SMILES string of the molecule is C1CC[OH+]C1.CC.Sc1ccc(OCC2CCCCC2)c2ccccc12. The number of benzene rings is 2. The van der Waals surface area contributed by atoms with Crippen molar-refractivity contribution in [3.8, 4) is 5.75 Å². The van der Waals surface area contributed by atoms with Gasteiger partial charge in [0.25, 0.3) is 0 Å². The van der Waals surface area contributed by atoms with Gasteiger partial charge in [0.1, 0.15) is 19.0 Å². The average molecular weight is 376 g/mol. The van der Waals surface area contributed by atoms with E-state index in [2.05, 4.69) is 35.6 Å². The Balaban J connectivity index is 0.000000295. The summed E-state index contributed by atoms with van der Waals surface area (Å²) < 4.78 is 10.2. The van der Waals surface area contributed by atoms with Crippen LogP contribution in [0, 0.1) is 5.92 Å². The third kappa shape index (κ3) is 6.51. The molecule has 1 heterocycles. The summed E-state index contributed by atoms with van der Waals surface area (Å²) in [7, 11) is 0. The standard InChI is InChI=1S/C17H20OS.C4H8O.C2H6/c19-17-11-10-16(14-8-4-5-9-15(14)17)18-12-13-6-2-1-3-7-13;1-2-4-5-3-1;1-2/h4-5,8-11,13,19H,1-3,6-7,12H2;1-4H2;1-2H3/p+1. The van der Waals surface area contributed by atoms with E-state index in [1.54, 1.807) is 0 Å². The summed E-state index contributed by atoms with van der Waals surface area (Å²) >= 11 is 4.51. The van der Waals surface area contributed by atoms with E-state index < -0.39 is 0 Å².